The van der Waals surface area contributed by atoms with E-state index in [-0.39, 0.29) is 12.2 Å². The molecule has 0 atom stereocenters. The molecule has 0 N–H and O–H groups in total. The molecule has 1 aliphatic rings. The summed E-state index contributed by atoms with van der Waals surface area (Å²) in [5.41, 5.74) is 0.595. The maximum Gasteiger partial charge on any atom is 0.352 e. The van der Waals surface area contributed by atoms with Crippen molar-refractivity contribution in [3.63, 3.8) is 0 Å². The second-order valence-electron chi connectivity index (χ2n) is 4.50. The molecule has 1 aliphatic heterocycles. The molecule has 1 aromatic rings. The number of rotatable bonds is 3. The third-order valence-electron chi connectivity index (χ3n) is 2.45. The molecule has 19 heavy (non-hydrogen) atoms. The van der Waals surface area contributed by atoms with Gasteiger partial charge in [-0.25, -0.2) is 9.59 Å². The number of ether oxygens (including phenoxy) is 3. The zero-order valence-electron chi connectivity index (χ0n) is 10.7. The fourth-order valence-corrected chi connectivity index (χ4v) is 1.48. The largest absolute Gasteiger partial charge is 0.459 e. The number of cyclic esters (lactones) is 1. The predicted octanol–water partition coefficient (Wildman–Crippen LogP) is 1.92. The van der Waals surface area contributed by atoms with Crippen LogP contribution in [0.4, 0.5) is 0 Å². The van der Waals surface area contributed by atoms with Crippen LogP contribution < -0.4 is 0 Å². The normalized spacial score (nSPS) is 16.9. The third kappa shape index (κ3) is 3.34. The van der Waals surface area contributed by atoms with Gasteiger partial charge in [0.25, 0.3) is 0 Å². The first-order chi connectivity index (χ1) is 8.98. The summed E-state index contributed by atoms with van der Waals surface area (Å²) < 4.78 is 15.1. The molecule has 0 saturated heterocycles. The van der Waals surface area contributed by atoms with Gasteiger partial charge >= 0.3 is 11.9 Å². The van der Waals surface area contributed by atoms with Crippen molar-refractivity contribution in [2.45, 2.75) is 26.2 Å². The second-order valence-corrected chi connectivity index (χ2v) is 4.50. The molecule has 5 heteroatoms. The molecule has 0 aromatic heterocycles. The molecule has 0 unspecified atom stereocenters. The van der Waals surface area contributed by atoms with Crippen LogP contribution in [-0.2, 0) is 30.4 Å². The Labute approximate surface area is 110 Å². The monoisotopic (exact) mass is 262 g/mol. The zero-order chi connectivity index (χ0) is 13.9. The molecular formula is C14H14O5. The van der Waals surface area contributed by atoms with Gasteiger partial charge in [0.15, 0.2) is 5.57 Å². The Morgan fingerprint density at radius 3 is 2.58 bits per heavy atom. The Morgan fingerprint density at radius 2 is 1.95 bits per heavy atom. The summed E-state index contributed by atoms with van der Waals surface area (Å²) in [7, 11) is 0. The van der Waals surface area contributed by atoms with Crippen LogP contribution in [0.2, 0.25) is 0 Å². The fourth-order valence-electron chi connectivity index (χ4n) is 1.48. The van der Waals surface area contributed by atoms with Gasteiger partial charge in [0, 0.05) is 13.8 Å². The first-order valence-electron chi connectivity index (χ1n) is 5.80. The average molecular weight is 262 g/mol. The van der Waals surface area contributed by atoms with Gasteiger partial charge in [-0.1, -0.05) is 30.3 Å². The number of carbonyl (C=O) groups is 2. The number of hydrogen-bond donors (Lipinski definition) is 0. The van der Waals surface area contributed by atoms with Crippen LogP contribution in [0, 0.1) is 0 Å². The minimum Gasteiger partial charge on any atom is -0.459 e. The molecular weight excluding hydrogens is 248 g/mol. The SMILES string of the molecule is CC1(C)OC=C(C(=O)OCc2ccccc2)C(=O)O1. The summed E-state index contributed by atoms with van der Waals surface area (Å²) in [6.07, 6.45) is 1.08. The van der Waals surface area contributed by atoms with Crippen LogP contribution in [-0.4, -0.2) is 17.7 Å². The lowest BCUT2D eigenvalue weighted by Gasteiger charge is -2.28. The molecule has 1 heterocycles. The highest BCUT2D eigenvalue weighted by Crippen LogP contribution is 2.21. The van der Waals surface area contributed by atoms with E-state index in [2.05, 4.69) is 0 Å². The van der Waals surface area contributed by atoms with Crippen LogP contribution in [0.15, 0.2) is 42.2 Å². The first-order valence-corrected chi connectivity index (χ1v) is 5.80. The Kier molecular flexibility index (Phi) is 3.55. The number of carbonyl (C=O) groups excluding carboxylic acids is 2. The van der Waals surface area contributed by atoms with E-state index in [0.717, 1.165) is 11.8 Å². The molecule has 0 spiro atoms. The Morgan fingerprint density at radius 1 is 1.26 bits per heavy atom. The Balaban J connectivity index is 1.97. The molecule has 1 aromatic carbocycles. The summed E-state index contributed by atoms with van der Waals surface area (Å²) in [5.74, 6) is -2.56. The Bertz CT molecular complexity index is 516. The van der Waals surface area contributed by atoms with E-state index >= 15 is 0 Å². The van der Waals surface area contributed by atoms with Gasteiger partial charge in [0.05, 0.1) is 0 Å². The van der Waals surface area contributed by atoms with Gasteiger partial charge in [0.1, 0.15) is 12.9 Å². The van der Waals surface area contributed by atoms with E-state index < -0.39 is 17.7 Å². The van der Waals surface area contributed by atoms with Crippen molar-refractivity contribution in [2.24, 2.45) is 0 Å². The number of benzene rings is 1. The lowest BCUT2D eigenvalue weighted by molar-refractivity contribution is -0.202. The van der Waals surface area contributed by atoms with Gasteiger partial charge in [-0.15, -0.1) is 0 Å². The quantitative estimate of drug-likeness (QED) is 0.615. The molecule has 100 valence electrons. The highest BCUT2D eigenvalue weighted by Gasteiger charge is 2.34. The van der Waals surface area contributed by atoms with Crippen molar-refractivity contribution in [2.75, 3.05) is 0 Å². The van der Waals surface area contributed by atoms with Gasteiger partial charge in [0.2, 0.25) is 5.79 Å². The third-order valence-corrected chi connectivity index (χ3v) is 2.45. The lowest BCUT2D eigenvalue weighted by atomic mass is 10.2. The zero-order valence-corrected chi connectivity index (χ0v) is 10.7. The molecule has 0 amide bonds. The molecule has 0 radical (unpaired) electrons. The van der Waals surface area contributed by atoms with E-state index in [1.54, 1.807) is 13.8 Å². The van der Waals surface area contributed by atoms with E-state index in [1.807, 2.05) is 30.3 Å². The van der Waals surface area contributed by atoms with Crippen molar-refractivity contribution in [3.8, 4) is 0 Å². The minimum absolute atomic E-state index is 0.0910. The first kappa shape index (κ1) is 13.1. The van der Waals surface area contributed by atoms with Crippen LogP contribution in [0.3, 0.4) is 0 Å². The summed E-state index contributed by atoms with van der Waals surface area (Å²) in [5, 5.41) is 0. The van der Waals surface area contributed by atoms with E-state index in [4.69, 9.17) is 14.2 Å². The van der Waals surface area contributed by atoms with Crippen molar-refractivity contribution in [3.05, 3.63) is 47.7 Å². The molecule has 0 saturated carbocycles. The van der Waals surface area contributed by atoms with Crippen molar-refractivity contribution < 1.29 is 23.8 Å². The highest BCUT2D eigenvalue weighted by atomic mass is 16.7. The summed E-state index contributed by atoms with van der Waals surface area (Å²) in [6, 6.07) is 9.18. The van der Waals surface area contributed by atoms with Crippen LogP contribution in [0.5, 0.6) is 0 Å². The van der Waals surface area contributed by atoms with Crippen LogP contribution in [0.1, 0.15) is 19.4 Å². The molecule has 5 nitrogen and oxygen atoms in total. The van der Waals surface area contributed by atoms with E-state index in [1.165, 1.54) is 0 Å². The van der Waals surface area contributed by atoms with Gasteiger partial charge in [-0.05, 0) is 5.56 Å². The van der Waals surface area contributed by atoms with E-state index in [0.29, 0.717) is 0 Å². The predicted molar refractivity (Wildman–Crippen MR) is 65.6 cm³/mol. The van der Waals surface area contributed by atoms with E-state index in [9.17, 15) is 9.59 Å². The van der Waals surface area contributed by atoms with Gasteiger partial charge in [-0.3, -0.25) is 0 Å². The number of hydrogen-bond acceptors (Lipinski definition) is 5. The second kappa shape index (κ2) is 5.14. The standard InChI is InChI=1S/C14H14O5/c1-14(2)18-9-11(13(16)19-14)12(15)17-8-10-6-4-3-5-7-10/h3-7,9H,8H2,1-2H3. The molecule has 2 rings (SSSR count). The van der Waals surface area contributed by atoms with Crippen LogP contribution >= 0.6 is 0 Å². The van der Waals surface area contributed by atoms with Crippen molar-refractivity contribution >= 4 is 11.9 Å². The van der Waals surface area contributed by atoms with Gasteiger partial charge in [-0.2, -0.15) is 0 Å². The molecule has 0 aliphatic carbocycles. The average Bonchev–Trinajstić information content (AvgIpc) is 2.36. The highest BCUT2D eigenvalue weighted by molar-refractivity contribution is 6.14. The summed E-state index contributed by atoms with van der Waals surface area (Å²) in [6.45, 7) is 3.24. The van der Waals surface area contributed by atoms with Crippen molar-refractivity contribution in [1.29, 1.82) is 0 Å². The smallest absolute Gasteiger partial charge is 0.352 e. The maximum atomic E-state index is 11.7. The van der Waals surface area contributed by atoms with Crippen molar-refractivity contribution in [1.82, 2.24) is 0 Å². The minimum atomic E-state index is -1.06. The number of esters is 2. The topological polar surface area (TPSA) is 61.8 Å². The fraction of sp³-hybridized carbons (Fsp3) is 0.286. The van der Waals surface area contributed by atoms with Gasteiger partial charge < -0.3 is 14.2 Å². The summed E-state index contributed by atoms with van der Waals surface area (Å²) >= 11 is 0. The lowest BCUT2D eigenvalue weighted by Crippen LogP contribution is -2.36. The summed E-state index contributed by atoms with van der Waals surface area (Å²) in [4.78, 5) is 23.3. The van der Waals surface area contributed by atoms with Crippen LogP contribution in [0.25, 0.3) is 0 Å². The Hall–Kier alpha value is -2.30. The molecule has 0 bridgehead atoms. The molecule has 0 fully saturated rings. The maximum absolute atomic E-state index is 11.7.